The van der Waals surface area contributed by atoms with E-state index in [4.69, 9.17) is 0 Å². The van der Waals surface area contributed by atoms with Gasteiger partial charge in [-0.3, -0.25) is 4.79 Å². The standard InChI is InChI=1S/C14H16N4O/c1-8-5-14-15-7-11-12-4-3-10(17(12)9(2)19)6-13(11)18(14)16-8/h5,7,10,12H,3-4,6H2,1-2H3/t10-,12+/m0/s1. The summed E-state index contributed by atoms with van der Waals surface area (Å²) < 4.78 is 1.97. The number of rotatable bonds is 0. The van der Waals surface area contributed by atoms with Crippen molar-refractivity contribution >= 4 is 11.6 Å². The molecule has 1 amide bonds. The Bertz CT molecular complexity index is 690. The minimum absolute atomic E-state index is 0.176. The Balaban J connectivity index is 1.94. The van der Waals surface area contributed by atoms with Crippen LogP contribution in [0.25, 0.3) is 5.65 Å². The maximum Gasteiger partial charge on any atom is 0.220 e. The van der Waals surface area contributed by atoms with Crippen molar-refractivity contribution in [1.29, 1.82) is 0 Å². The normalized spacial score (nSPS) is 24.8. The topological polar surface area (TPSA) is 50.5 Å². The van der Waals surface area contributed by atoms with Gasteiger partial charge in [-0.25, -0.2) is 9.50 Å². The molecule has 5 heteroatoms. The van der Waals surface area contributed by atoms with E-state index in [0.717, 1.165) is 30.6 Å². The van der Waals surface area contributed by atoms with E-state index in [1.165, 1.54) is 11.3 Å². The molecule has 2 aliphatic heterocycles. The van der Waals surface area contributed by atoms with Gasteiger partial charge in [0.25, 0.3) is 0 Å². The summed E-state index contributed by atoms with van der Waals surface area (Å²) in [4.78, 5) is 18.3. The molecule has 5 nitrogen and oxygen atoms in total. The maximum absolute atomic E-state index is 11.8. The summed E-state index contributed by atoms with van der Waals surface area (Å²) in [5.41, 5.74) is 4.32. The Labute approximate surface area is 111 Å². The molecule has 2 bridgehead atoms. The van der Waals surface area contributed by atoms with Crippen LogP contribution in [0.3, 0.4) is 0 Å². The Morgan fingerprint density at radius 2 is 2.26 bits per heavy atom. The first-order valence-corrected chi connectivity index (χ1v) is 6.78. The molecule has 0 saturated carbocycles. The van der Waals surface area contributed by atoms with Gasteiger partial charge >= 0.3 is 0 Å². The molecular formula is C14H16N4O. The van der Waals surface area contributed by atoms with Crippen LogP contribution in [0, 0.1) is 6.92 Å². The third-order valence-electron chi connectivity index (χ3n) is 4.39. The predicted octanol–water partition coefficient (Wildman–Crippen LogP) is 1.65. The van der Waals surface area contributed by atoms with Crippen LogP contribution in [0.2, 0.25) is 0 Å². The van der Waals surface area contributed by atoms with E-state index in [1.54, 1.807) is 6.92 Å². The number of carbonyl (C=O) groups excluding carboxylic acids is 1. The third-order valence-corrected chi connectivity index (χ3v) is 4.39. The van der Waals surface area contributed by atoms with Crippen molar-refractivity contribution in [2.75, 3.05) is 0 Å². The Morgan fingerprint density at radius 3 is 3.05 bits per heavy atom. The first kappa shape index (κ1) is 11.0. The molecule has 0 spiro atoms. The second kappa shape index (κ2) is 3.56. The van der Waals surface area contributed by atoms with Gasteiger partial charge in [0.2, 0.25) is 5.91 Å². The first-order valence-electron chi connectivity index (χ1n) is 6.78. The largest absolute Gasteiger partial charge is 0.332 e. The lowest BCUT2D eigenvalue weighted by Crippen LogP contribution is -2.41. The van der Waals surface area contributed by atoms with Crippen molar-refractivity contribution in [3.8, 4) is 0 Å². The molecule has 4 rings (SSSR count). The highest BCUT2D eigenvalue weighted by Crippen LogP contribution is 2.43. The highest BCUT2D eigenvalue weighted by atomic mass is 16.2. The van der Waals surface area contributed by atoms with Crippen molar-refractivity contribution in [2.45, 2.75) is 45.2 Å². The van der Waals surface area contributed by atoms with Gasteiger partial charge in [-0.15, -0.1) is 0 Å². The van der Waals surface area contributed by atoms with Crippen LogP contribution in [-0.4, -0.2) is 31.4 Å². The van der Waals surface area contributed by atoms with Crippen molar-refractivity contribution in [1.82, 2.24) is 19.5 Å². The Kier molecular flexibility index (Phi) is 2.05. The summed E-state index contributed by atoms with van der Waals surface area (Å²) in [6, 6.07) is 2.54. The lowest BCUT2D eigenvalue weighted by atomic mass is 9.99. The van der Waals surface area contributed by atoms with E-state index in [1.807, 2.05) is 28.6 Å². The molecule has 98 valence electrons. The van der Waals surface area contributed by atoms with Crippen molar-refractivity contribution in [2.24, 2.45) is 0 Å². The average molecular weight is 256 g/mol. The Hall–Kier alpha value is -1.91. The fourth-order valence-electron chi connectivity index (χ4n) is 3.68. The van der Waals surface area contributed by atoms with Crippen LogP contribution in [0.15, 0.2) is 12.3 Å². The predicted molar refractivity (Wildman–Crippen MR) is 69.7 cm³/mol. The second-order valence-electron chi connectivity index (χ2n) is 5.59. The summed E-state index contributed by atoms with van der Waals surface area (Å²) in [5, 5.41) is 4.54. The van der Waals surface area contributed by atoms with Crippen LogP contribution in [0.5, 0.6) is 0 Å². The number of fused-ring (bicyclic) bond motifs is 6. The second-order valence-corrected chi connectivity index (χ2v) is 5.59. The van der Waals surface area contributed by atoms with E-state index in [9.17, 15) is 4.79 Å². The molecule has 0 aliphatic carbocycles. The highest BCUT2D eigenvalue weighted by molar-refractivity contribution is 5.75. The van der Waals surface area contributed by atoms with Gasteiger partial charge < -0.3 is 4.90 Å². The SMILES string of the molecule is CC(=O)N1[C@H]2CC[C@@H]1c1cnc3cc(C)nn3c1C2. The molecule has 0 aromatic carbocycles. The minimum Gasteiger partial charge on any atom is -0.332 e. The van der Waals surface area contributed by atoms with Crippen LogP contribution in [0.1, 0.15) is 42.8 Å². The zero-order valence-corrected chi connectivity index (χ0v) is 11.1. The van der Waals surface area contributed by atoms with Gasteiger partial charge in [0.1, 0.15) is 0 Å². The fourth-order valence-corrected chi connectivity index (χ4v) is 3.68. The third kappa shape index (κ3) is 1.38. The van der Waals surface area contributed by atoms with E-state index in [0.29, 0.717) is 6.04 Å². The first-order chi connectivity index (χ1) is 9.15. The summed E-state index contributed by atoms with van der Waals surface area (Å²) >= 11 is 0. The molecular weight excluding hydrogens is 240 g/mol. The summed E-state index contributed by atoms with van der Waals surface area (Å²) in [5.74, 6) is 0.176. The molecule has 0 unspecified atom stereocenters. The monoisotopic (exact) mass is 256 g/mol. The number of aryl methyl sites for hydroxylation is 1. The molecule has 2 atom stereocenters. The minimum atomic E-state index is 0.176. The summed E-state index contributed by atoms with van der Waals surface area (Å²) in [7, 11) is 0. The highest BCUT2D eigenvalue weighted by Gasteiger charge is 2.42. The van der Waals surface area contributed by atoms with E-state index >= 15 is 0 Å². The number of aromatic nitrogens is 3. The van der Waals surface area contributed by atoms with Crippen molar-refractivity contribution < 1.29 is 4.79 Å². The quantitative estimate of drug-likeness (QED) is 0.720. The molecule has 2 aromatic rings. The number of carbonyl (C=O) groups is 1. The van der Waals surface area contributed by atoms with Gasteiger partial charge in [0.15, 0.2) is 5.65 Å². The molecule has 2 aliphatic rings. The van der Waals surface area contributed by atoms with Crippen molar-refractivity contribution in [3.63, 3.8) is 0 Å². The molecule has 19 heavy (non-hydrogen) atoms. The lowest BCUT2D eigenvalue weighted by Gasteiger charge is -2.35. The number of hydrogen-bond acceptors (Lipinski definition) is 3. The van der Waals surface area contributed by atoms with Gasteiger partial charge in [-0.2, -0.15) is 5.10 Å². The van der Waals surface area contributed by atoms with Gasteiger partial charge in [0.05, 0.1) is 17.4 Å². The molecule has 4 heterocycles. The number of amides is 1. The molecule has 0 radical (unpaired) electrons. The number of nitrogens with zero attached hydrogens (tertiary/aromatic N) is 4. The van der Waals surface area contributed by atoms with E-state index in [2.05, 4.69) is 10.1 Å². The lowest BCUT2D eigenvalue weighted by molar-refractivity contribution is -0.132. The van der Waals surface area contributed by atoms with Crippen LogP contribution < -0.4 is 0 Å². The number of hydrogen-bond donors (Lipinski definition) is 0. The molecule has 2 aromatic heterocycles. The summed E-state index contributed by atoms with van der Waals surface area (Å²) in [6.07, 6.45) is 4.96. The van der Waals surface area contributed by atoms with E-state index in [-0.39, 0.29) is 11.9 Å². The fraction of sp³-hybridized carbons (Fsp3) is 0.500. The van der Waals surface area contributed by atoms with Gasteiger partial charge in [-0.1, -0.05) is 0 Å². The molecule has 1 fully saturated rings. The van der Waals surface area contributed by atoms with E-state index < -0.39 is 0 Å². The molecule has 0 N–H and O–H groups in total. The zero-order chi connectivity index (χ0) is 13.1. The molecule has 1 saturated heterocycles. The Morgan fingerprint density at radius 1 is 1.42 bits per heavy atom. The smallest absolute Gasteiger partial charge is 0.220 e. The summed E-state index contributed by atoms with van der Waals surface area (Å²) in [6.45, 7) is 3.65. The van der Waals surface area contributed by atoms with Crippen LogP contribution in [-0.2, 0) is 11.2 Å². The zero-order valence-electron chi connectivity index (χ0n) is 11.1. The average Bonchev–Trinajstić information content (AvgIpc) is 2.89. The van der Waals surface area contributed by atoms with Crippen LogP contribution in [0.4, 0.5) is 0 Å². The van der Waals surface area contributed by atoms with Gasteiger partial charge in [0, 0.05) is 37.2 Å². The van der Waals surface area contributed by atoms with Crippen LogP contribution >= 0.6 is 0 Å². The van der Waals surface area contributed by atoms with Crippen molar-refractivity contribution in [3.05, 3.63) is 29.2 Å². The van der Waals surface area contributed by atoms with Gasteiger partial charge in [-0.05, 0) is 19.8 Å². The maximum atomic E-state index is 11.8.